The Labute approximate surface area is 161 Å². The van der Waals surface area contributed by atoms with Crippen molar-refractivity contribution in [1.29, 1.82) is 0 Å². The normalized spacial score (nSPS) is 23.7. The van der Waals surface area contributed by atoms with Crippen LogP contribution >= 0.6 is 0 Å². The molecule has 2 heterocycles. The molecule has 0 bridgehead atoms. The van der Waals surface area contributed by atoms with Crippen molar-refractivity contribution in [3.63, 3.8) is 0 Å². The number of amides is 1. The highest BCUT2D eigenvalue weighted by Crippen LogP contribution is 2.31. The highest BCUT2D eigenvalue weighted by molar-refractivity contribution is 5.84. The summed E-state index contributed by atoms with van der Waals surface area (Å²) in [5, 5.41) is 9.52. The molecule has 2 aromatic carbocycles. The summed E-state index contributed by atoms with van der Waals surface area (Å²) in [6.07, 6.45) is 3.19. The lowest BCUT2D eigenvalue weighted by Crippen LogP contribution is -2.46. The first-order valence-corrected chi connectivity index (χ1v) is 9.97. The number of aromatic hydroxyl groups is 1. The van der Waals surface area contributed by atoms with E-state index in [-0.39, 0.29) is 11.9 Å². The average molecular weight is 364 g/mol. The molecular formula is C23H28N2O2. The van der Waals surface area contributed by atoms with Gasteiger partial charge in [0.15, 0.2) is 0 Å². The van der Waals surface area contributed by atoms with Crippen molar-refractivity contribution in [3.05, 3.63) is 65.2 Å². The first-order chi connectivity index (χ1) is 13.1. The van der Waals surface area contributed by atoms with Crippen LogP contribution in [0.5, 0.6) is 5.75 Å². The molecule has 2 fully saturated rings. The Kier molecular flexibility index (Phi) is 5.17. The Morgan fingerprint density at radius 3 is 2.48 bits per heavy atom. The van der Waals surface area contributed by atoms with Crippen LogP contribution in [0.1, 0.15) is 41.9 Å². The number of hydrogen-bond acceptors (Lipinski definition) is 3. The zero-order chi connectivity index (χ0) is 18.8. The summed E-state index contributed by atoms with van der Waals surface area (Å²) in [5.41, 5.74) is 3.72. The molecule has 2 saturated heterocycles. The Morgan fingerprint density at radius 1 is 1.00 bits per heavy atom. The van der Waals surface area contributed by atoms with Gasteiger partial charge in [-0.05, 0) is 61.9 Å². The second-order valence-electron chi connectivity index (χ2n) is 7.98. The third-order valence-electron chi connectivity index (χ3n) is 6.02. The van der Waals surface area contributed by atoms with E-state index in [1.165, 1.54) is 16.7 Å². The van der Waals surface area contributed by atoms with Crippen LogP contribution in [0.2, 0.25) is 0 Å². The number of benzene rings is 2. The highest BCUT2D eigenvalue weighted by Gasteiger charge is 2.37. The number of carbonyl (C=O) groups excluding carboxylic acids is 1. The van der Waals surface area contributed by atoms with Crippen molar-refractivity contribution < 1.29 is 9.90 Å². The molecule has 142 valence electrons. The minimum Gasteiger partial charge on any atom is -0.508 e. The van der Waals surface area contributed by atoms with Crippen molar-refractivity contribution in [1.82, 2.24) is 9.80 Å². The topological polar surface area (TPSA) is 43.8 Å². The Hall–Kier alpha value is -2.33. The summed E-state index contributed by atoms with van der Waals surface area (Å²) < 4.78 is 0. The predicted molar refractivity (Wildman–Crippen MR) is 107 cm³/mol. The molecule has 1 N–H and O–H groups in total. The predicted octanol–water partition coefficient (Wildman–Crippen LogP) is 3.68. The molecule has 2 aliphatic rings. The number of piperidine rings is 1. The van der Waals surface area contributed by atoms with Crippen LogP contribution in [0.25, 0.3) is 0 Å². The van der Waals surface area contributed by atoms with E-state index in [1.807, 2.05) is 17.0 Å². The first-order valence-electron chi connectivity index (χ1n) is 9.97. The van der Waals surface area contributed by atoms with Gasteiger partial charge in [0.1, 0.15) is 5.75 Å². The van der Waals surface area contributed by atoms with Gasteiger partial charge in [-0.3, -0.25) is 9.69 Å². The van der Waals surface area contributed by atoms with Gasteiger partial charge in [0, 0.05) is 19.6 Å². The van der Waals surface area contributed by atoms with Crippen LogP contribution in [-0.4, -0.2) is 46.5 Å². The lowest BCUT2D eigenvalue weighted by Gasteiger charge is -2.36. The Morgan fingerprint density at radius 2 is 1.74 bits per heavy atom. The molecule has 4 rings (SSSR count). The maximum absolute atomic E-state index is 13.0. The van der Waals surface area contributed by atoms with Gasteiger partial charge in [-0.2, -0.15) is 0 Å². The molecule has 0 spiro atoms. The maximum Gasteiger partial charge on any atom is 0.240 e. The SMILES string of the molecule is Cc1ccc(CN2CCC(N3CCCC(c4ccc(O)cc4)C3)C2=O)cc1. The molecule has 4 heteroatoms. The van der Waals surface area contributed by atoms with Crippen LogP contribution in [0, 0.1) is 6.92 Å². The largest absolute Gasteiger partial charge is 0.508 e. The standard InChI is InChI=1S/C23H28N2O2/c1-17-4-6-18(7-5-17)15-25-14-12-22(23(25)27)24-13-2-3-20(16-24)19-8-10-21(26)11-9-19/h4-11,20,22,26H,2-3,12-16H2,1H3. The molecule has 0 radical (unpaired) electrons. The van der Waals surface area contributed by atoms with Gasteiger partial charge < -0.3 is 10.0 Å². The van der Waals surface area contributed by atoms with E-state index in [9.17, 15) is 9.90 Å². The van der Waals surface area contributed by atoms with E-state index in [1.54, 1.807) is 12.1 Å². The number of likely N-dealkylation sites (tertiary alicyclic amines) is 2. The van der Waals surface area contributed by atoms with Crippen LogP contribution in [0.3, 0.4) is 0 Å². The quantitative estimate of drug-likeness (QED) is 0.900. The van der Waals surface area contributed by atoms with Crippen molar-refractivity contribution in [3.8, 4) is 5.75 Å². The number of carbonyl (C=O) groups is 1. The van der Waals surface area contributed by atoms with Gasteiger partial charge in [0.05, 0.1) is 6.04 Å². The van der Waals surface area contributed by atoms with E-state index in [0.717, 1.165) is 38.9 Å². The lowest BCUT2D eigenvalue weighted by atomic mass is 9.89. The molecule has 0 saturated carbocycles. The van der Waals surface area contributed by atoms with Gasteiger partial charge in [-0.1, -0.05) is 42.0 Å². The number of phenols is 1. The second kappa shape index (κ2) is 7.73. The summed E-state index contributed by atoms with van der Waals surface area (Å²) in [6, 6.07) is 16.1. The van der Waals surface area contributed by atoms with Gasteiger partial charge in [0.2, 0.25) is 5.91 Å². The number of aryl methyl sites for hydroxylation is 1. The van der Waals surface area contributed by atoms with E-state index < -0.39 is 0 Å². The molecule has 2 aliphatic heterocycles. The van der Waals surface area contributed by atoms with Crippen molar-refractivity contribution in [2.75, 3.05) is 19.6 Å². The highest BCUT2D eigenvalue weighted by atomic mass is 16.3. The number of phenolic OH excluding ortho intramolecular Hbond substituents is 1. The zero-order valence-corrected chi connectivity index (χ0v) is 16.0. The van der Waals surface area contributed by atoms with Crippen molar-refractivity contribution in [2.45, 2.75) is 44.7 Å². The lowest BCUT2D eigenvalue weighted by molar-refractivity contribution is -0.133. The summed E-state index contributed by atoms with van der Waals surface area (Å²) in [6.45, 7) is 5.58. The van der Waals surface area contributed by atoms with Gasteiger partial charge >= 0.3 is 0 Å². The molecule has 2 aromatic rings. The molecule has 4 nitrogen and oxygen atoms in total. The average Bonchev–Trinajstić information content (AvgIpc) is 3.05. The van der Waals surface area contributed by atoms with Crippen LogP contribution in [0.4, 0.5) is 0 Å². The van der Waals surface area contributed by atoms with Crippen LogP contribution in [0.15, 0.2) is 48.5 Å². The molecule has 0 aliphatic carbocycles. The fraction of sp³-hybridized carbons (Fsp3) is 0.435. The maximum atomic E-state index is 13.0. The van der Waals surface area contributed by atoms with Gasteiger partial charge in [-0.15, -0.1) is 0 Å². The molecule has 1 amide bonds. The van der Waals surface area contributed by atoms with E-state index in [2.05, 4.69) is 36.1 Å². The summed E-state index contributed by atoms with van der Waals surface area (Å²) in [4.78, 5) is 17.4. The molecule has 2 atom stereocenters. The molecule has 0 aromatic heterocycles. The fourth-order valence-corrected chi connectivity index (χ4v) is 4.44. The summed E-state index contributed by atoms with van der Waals surface area (Å²) in [5.74, 6) is 1.03. The summed E-state index contributed by atoms with van der Waals surface area (Å²) >= 11 is 0. The summed E-state index contributed by atoms with van der Waals surface area (Å²) in [7, 11) is 0. The van der Waals surface area contributed by atoms with E-state index in [4.69, 9.17) is 0 Å². The van der Waals surface area contributed by atoms with Crippen molar-refractivity contribution >= 4 is 5.91 Å². The monoisotopic (exact) mass is 364 g/mol. The van der Waals surface area contributed by atoms with E-state index in [0.29, 0.717) is 18.2 Å². The number of hydrogen-bond donors (Lipinski definition) is 1. The van der Waals surface area contributed by atoms with Crippen molar-refractivity contribution in [2.24, 2.45) is 0 Å². The smallest absolute Gasteiger partial charge is 0.240 e. The van der Waals surface area contributed by atoms with Crippen LogP contribution in [-0.2, 0) is 11.3 Å². The third-order valence-corrected chi connectivity index (χ3v) is 6.02. The van der Waals surface area contributed by atoms with E-state index >= 15 is 0 Å². The van der Waals surface area contributed by atoms with Gasteiger partial charge in [-0.25, -0.2) is 0 Å². The minimum atomic E-state index is 0.0235. The van der Waals surface area contributed by atoms with Crippen LogP contribution < -0.4 is 0 Å². The number of rotatable bonds is 4. The number of nitrogens with zero attached hydrogens (tertiary/aromatic N) is 2. The molecule has 27 heavy (non-hydrogen) atoms. The minimum absolute atomic E-state index is 0.0235. The first kappa shape index (κ1) is 18.1. The Balaban J connectivity index is 1.40. The third kappa shape index (κ3) is 4.01. The Bertz CT molecular complexity index is 785. The second-order valence-corrected chi connectivity index (χ2v) is 7.98. The fourth-order valence-electron chi connectivity index (χ4n) is 4.44. The molecule has 2 unspecified atom stereocenters. The van der Waals surface area contributed by atoms with Gasteiger partial charge in [0.25, 0.3) is 0 Å². The zero-order valence-electron chi connectivity index (χ0n) is 16.0. The molecular weight excluding hydrogens is 336 g/mol.